The lowest BCUT2D eigenvalue weighted by Gasteiger charge is -2.46. The lowest BCUT2D eigenvalue weighted by Crippen LogP contribution is -2.63. The van der Waals surface area contributed by atoms with Gasteiger partial charge in [0.05, 0.1) is 24.9 Å². The average molecular weight is 729 g/mol. The number of aliphatic hydroxyl groups excluding tert-OH is 8. The highest BCUT2D eigenvalue weighted by molar-refractivity contribution is 5.69. The van der Waals surface area contributed by atoms with Gasteiger partial charge in [-0.1, -0.05) is 6.07 Å². The van der Waals surface area contributed by atoms with Crippen LogP contribution in [0.4, 0.5) is 0 Å². The SMILES string of the molecule is C[C@@H]1O[C@@H](OC[C@H]2O[C@@H](OC3=Cc4c(O)cc(O)cc4OC3c3ccc(O)c(O)c3)[C@H](O[C@@H]3OC[C@@H](O)[C@H](O)[C@H]3O)[C@@H](O)[C@@H]2O)[C@H](O)[C@H](O)[C@H]1O. The Labute approximate surface area is 288 Å². The maximum Gasteiger partial charge on any atom is 0.229 e. The fraction of sp³-hybridized carbons (Fsp3) is 0.562. The Morgan fingerprint density at radius 2 is 1.43 bits per heavy atom. The van der Waals surface area contributed by atoms with Gasteiger partial charge in [-0.3, -0.25) is 0 Å². The van der Waals surface area contributed by atoms with Gasteiger partial charge in [0.2, 0.25) is 6.29 Å². The lowest BCUT2D eigenvalue weighted by molar-refractivity contribution is -0.359. The Hall–Kier alpha value is -3.54. The van der Waals surface area contributed by atoms with Crippen LogP contribution < -0.4 is 4.74 Å². The minimum atomic E-state index is -1.92. The van der Waals surface area contributed by atoms with Crippen molar-refractivity contribution >= 4 is 6.08 Å². The van der Waals surface area contributed by atoms with E-state index in [1.165, 1.54) is 25.1 Å². The van der Waals surface area contributed by atoms with E-state index in [0.717, 1.165) is 18.2 Å². The molecule has 15 atom stereocenters. The van der Waals surface area contributed by atoms with Crippen molar-refractivity contribution in [2.45, 2.75) is 99.0 Å². The van der Waals surface area contributed by atoms with Gasteiger partial charge in [-0.25, -0.2) is 0 Å². The Balaban J connectivity index is 1.33. The number of aromatic hydroxyl groups is 4. The molecule has 2 aromatic rings. The van der Waals surface area contributed by atoms with Gasteiger partial charge in [0, 0.05) is 17.7 Å². The minimum absolute atomic E-state index is 0.0182. The highest BCUT2D eigenvalue weighted by Gasteiger charge is 2.52. The van der Waals surface area contributed by atoms with Gasteiger partial charge in [-0.05, 0) is 25.1 Å². The molecular formula is C32H40O19. The summed E-state index contributed by atoms with van der Waals surface area (Å²) in [7, 11) is 0. The number of ether oxygens (including phenoxy) is 7. The van der Waals surface area contributed by atoms with Gasteiger partial charge in [0.1, 0.15) is 77.9 Å². The molecule has 4 aliphatic rings. The first-order valence-corrected chi connectivity index (χ1v) is 15.9. The lowest BCUT2D eigenvalue weighted by atomic mass is 9.97. The van der Waals surface area contributed by atoms with Crippen molar-refractivity contribution < 1.29 is 94.4 Å². The summed E-state index contributed by atoms with van der Waals surface area (Å²) >= 11 is 0. The largest absolute Gasteiger partial charge is 0.508 e. The summed E-state index contributed by atoms with van der Waals surface area (Å²) in [5, 5.41) is 125. The van der Waals surface area contributed by atoms with E-state index < -0.39 is 123 Å². The molecule has 3 saturated heterocycles. The molecule has 19 heteroatoms. The number of benzene rings is 2. The van der Waals surface area contributed by atoms with E-state index in [4.69, 9.17) is 33.2 Å². The summed E-state index contributed by atoms with van der Waals surface area (Å²) in [5.41, 5.74) is 0.206. The smallest absolute Gasteiger partial charge is 0.229 e. The molecule has 0 bridgehead atoms. The van der Waals surface area contributed by atoms with E-state index in [9.17, 15) is 61.3 Å². The predicted octanol–water partition coefficient (Wildman–Crippen LogP) is -2.88. The first kappa shape index (κ1) is 37.2. The van der Waals surface area contributed by atoms with Crippen molar-refractivity contribution in [1.82, 2.24) is 0 Å². The van der Waals surface area contributed by atoms with Crippen molar-refractivity contribution in [3.8, 4) is 28.7 Å². The normalized spacial score (nSPS) is 39.8. The molecule has 0 spiro atoms. The number of hydrogen-bond acceptors (Lipinski definition) is 19. The molecule has 0 amide bonds. The Bertz CT molecular complexity index is 1570. The van der Waals surface area contributed by atoms with E-state index >= 15 is 0 Å². The Kier molecular flexibility index (Phi) is 10.8. The molecule has 0 saturated carbocycles. The van der Waals surface area contributed by atoms with E-state index in [-0.39, 0.29) is 28.4 Å². The molecule has 12 N–H and O–H groups in total. The molecule has 0 aliphatic carbocycles. The molecule has 4 aliphatic heterocycles. The minimum Gasteiger partial charge on any atom is -0.508 e. The summed E-state index contributed by atoms with van der Waals surface area (Å²) in [6, 6.07) is 5.91. The number of rotatable bonds is 8. The fourth-order valence-electron chi connectivity index (χ4n) is 6.09. The molecule has 3 fully saturated rings. The van der Waals surface area contributed by atoms with Gasteiger partial charge < -0.3 is 94.4 Å². The van der Waals surface area contributed by atoms with Gasteiger partial charge in [-0.15, -0.1) is 0 Å². The van der Waals surface area contributed by atoms with Crippen LogP contribution in [0, 0.1) is 0 Å². The predicted molar refractivity (Wildman–Crippen MR) is 164 cm³/mol. The molecule has 6 rings (SSSR count). The molecular weight excluding hydrogens is 688 g/mol. The van der Waals surface area contributed by atoms with E-state index in [0.29, 0.717) is 0 Å². The Morgan fingerprint density at radius 3 is 2.16 bits per heavy atom. The fourth-order valence-corrected chi connectivity index (χ4v) is 6.09. The summed E-state index contributed by atoms with van der Waals surface area (Å²) in [6.07, 6.45) is -22.7. The van der Waals surface area contributed by atoms with Gasteiger partial charge in [0.25, 0.3) is 0 Å². The van der Waals surface area contributed by atoms with Crippen molar-refractivity contribution in [3.05, 3.63) is 47.2 Å². The molecule has 1 unspecified atom stereocenters. The van der Waals surface area contributed by atoms with Crippen molar-refractivity contribution in [3.63, 3.8) is 0 Å². The number of hydrogen-bond donors (Lipinski definition) is 12. The summed E-state index contributed by atoms with van der Waals surface area (Å²) in [6.45, 7) is 0.341. The van der Waals surface area contributed by atoms with Crippen molar-refractivity contribution in [1.29, 1.82) is 0 Å². The highest BCUT2D eigenvalue weighted by Crippen LogP contribution is 2.45. The standard InChI is InChI=1S/C32H40O19/c1-10-21(38)24(41)27(44)30(47-10)46-9-20-23(40)25(42)29(51-31-26(43)22(39)17(37)8-45-31)32(50-20)49-19-7-13-15(35)5-12(33)6-18(13)48-28(19)11-2-3-14(34)16(36)4-11/h2-7,10,17,20-44H,8-9H2,1H3/t10-,17+,20+,21-,22-,23+,24+,25-,26+,27+,28?,29+,30+,31-,32+/m0/s1. The third kappa shape index (κ3) is 7.39. The second-order valence-electron chi connectivity index (χ2n) is 12.7. The molecule has 282 valence electrons. The van der Waals surface area contributed by atoms with Crippen LogP contribution in [0.3, 0.4) is 0 Å². The van der Waals surface area contributed by atoms with Gasteiger partial charge in [-0.2, -0.15) is 0 Å². The number of phenols is 4. The topological polar surface area (TPSA) is 307 Å². The summed E-state index contributed by atoms with van der Waals surface area (Å²) in [4.78, 5) is 0. The zero-order chi connectivity index (χ0) is 36.9. The molecule has 19 nitrogen and oxygen atoms in total. The maximum absolute atomic E-state index is 11.4. The number of aliphatic hydroxyl groups is 8. The van der Waals surface area contributed by atoms with Crippen molar-refractivity contribution in [2.24, 2.45) is 0 Å². The zero-order valence-corrected chi connectivity index (χ0v) is 26.8. The molecule has 4 heterocycles. The van der Waals surface area contributed by atoms with Crippen LogP contribution in [0.2, 0.25) is 0 Å². The van der Waals surface area contributed by atoms with Gasteiger partial charge in [0.15, 0.2) is 36.3 Å². The third-order valence-electron chi connectivity index (χ3n) is 9.07. The monoisotopic (exact) mass is 728 g/mol. The highest BCUT2D eigenvalue weighted by atomic mass is 16.8. The van der Waals surface area contributed by atoms with Crippen LogP contribution >= 0.6 is 0 Å². The molecule has 51 heavy (non-hydrogen) atoms. The second kappa shape index (κ2) is 14.8. The Morgan fingerprint density at radius 1 is 0.706 bits per heavy atom. The maximum atomic E-state index is 11.4. The number of phenolic OH excluding ortho intramolecular Hbond substituents is 4. The van der Waals surface area contributed by atoms with E-state index in [2.05, 4.69) is 0 Å². The van der Waals surface area contributed by atoms with Crippen LogP contribution in [-0.4, -0.2) is 161 Å². The van der Waals surface area contributed by atoms with E-state index in [1.807, 2.05) is 0 Å². The van der Waals surface area contributed by atoms with Crippen LogP contribution in [0.5, 0.6) is 28.7 Å². The summed E-state index contributed by atoms with van der Waals surface area (Å²) < 4.78 is 40.4. The molecule has 0 radical (unpaired) electrons. The van der Waals surface area contributed by atoms with E-state index in [1.54, 1.807) is 0 Å². The summed E-state index contributed by atoms with van der Waals surface area (Å²) in [5.74, 6) is -1.96. The molecule has 2 aromatic carbocycles. The zero-order valence-electron chi connectivity index (χ0n) is 26.8. The van der Waals surface area contributed by atoms with Crippen LogP contribution in [0.15, 0.2) is 36.1 Å². The number of fused-ring (bicyclic) bond motifs is 1. The second-order valence-corrected chi connectivity index (χ2v) is 12.7. The van der Waals surface area contributed by atoms with Crippen LogP contribution in [0.25, 0.3) is 6.08 Å². The van der Waals surface area contributed by atoms with Crippen LogP contribution in [0.1, 0.15) is 24.2 Å². The average Bonchev–Trinajstić information content (AvgIpc) is 3.09. The first-order valence-electron chi connectivity index (χ1n) is 15.9. The molecule has 0 aromatic heterocycles. The van der Waals surface area contributed by atoms with Gasteiger partial charge >= 0.3 is 0 Å². The van der Waals surface area contributed by atoms with Crippen LogP contribution in [-0.2, 0) is 28.4 Å². The van der Waals surface area contributed by atoms with Crippen molar-refractivity contribution in [2.75, 3.05) is 13.2 Å². The quantitative estimate of drug-likeness (QED) is 0.121. The third-order valence-corrected chi connectivity index (χ3v) is 9.07. The first-order chi connectivity index (χ1) is 24.1.